The quantitative estimate of drug-likeness (QED) is 0.837. The molecular formula is C15H19NO4. The summed E-state index contributed by atoms with van der Waals surface area (Å²) in [6, 6.07) is 7.11. The molecule has 1 aromatic carbocycles. The van der Waals surface area contributed by atoms with E-state index in [1.807, 2.05) is 6.92 Å². The zero-order valence-electron chi connectivity index (χ0n) is 11.5. The molecule has 1 aliphatic carbocycles. The van der Waals surface area contributed by atoms with Gasteiger partial charge >= 0.3 is 5.97 Å². The molecular weight excluding hydrogens is 258 g/mol. The van der Waals surface area contributed by atoms with Crippen LogP contribution in [0.5, 0.6) is 5.75 Å². The first-order valence-electron chi connectivity index (χ1n) is 6.88. The van der Waals surface area contributed by atoms with Gasteiger partial charge in [0.05, 0.1) is 18.4 Å². The fourth-order valence-corrected chi connectivity index (χ4v) is 2.20. The molecule has 1 amide bonds. The van der Waals surface area contributed by atoms with E-state index in [0.29, 0.717) is 25.1 Å². The number of benzene rings is 1. The van der Waals surface area contributed by atoms with E-state index < -0.39 is 17.8 Å². The highest BCUT2D eigenvalue weighted by molar-refractivity contribution is 5.96. The van der Waals surface area contributed by atoms with E-state index in [1.54, 1.807) is 24.3 Å². The summed E-state index contributed by atoms with van der Waals surface area (Å²) in [4.78, 5) is 22.9. The van der Waals surface area contributed by atoms with Crippen molar-refractivity contribution in [3.05, 3.63) is 24.3 Å². The Balaban J connectivity index is 1.90. The number of carbonyl (C=O) groups is 2. The Labute approximate surface area is 117 Å². The van der Waals surface area contributed by atoms with Gasteiger partial charge in [0.2, 0.25) is 5.91 Å². The van der Waals surface area contributed by atoms with Crippen LogP contribution in [0.1, 0.15) is 26.2 Å². The SMILES string of the molecule is CCCOc1ccc(NC(=O)C2CCC2C(=O)O)cc1. The third-order valence-electron chi connectivity index (χ3n) is 3.52. The van der Waals surface area contributed by atoms with E-state index >= 15 is 0 Å². The fraction of sp³-hybridized carbons (Fsp3) is 0.467. The summed E-state index contributed by atoms with van der Waals surface area (Å²) in [6.07, 6.45) is 2.16. The van der Waals surface area contributed by atoms with Gasteiger partial charge in [0.1, 0.15) is 5.75 Å². The van der Waals surface area contributed by atoms with Crippen LogP contribution in [-0.4, -0.2) is 23.6 Å². The maximum absolute atomic E-state index is 12.0. The average Bonchev–Trinajstić information content (AvgIpc) is 2.35. The number of hydrogen-bond donors (Lipinski definition) is 2. The van der Waals surface area contributed by atoms with Gasteiger partial charge in [-0.25, -0.2) is 0 Å². The lowest BCUT2D eigenvalue weighted by atomic mass is 9.73. The van der Waals surface area contributed by atoms with Gasteiger partial charge in [0.15, 0.2) is 0 Å². The van der Waals surface area contributed by atoms with Gasteiger partial charge < -0.3 is 15.2 Å². The highest BCUT2D eigenvalue weighted by Gasteiger charge is 2.41. The van der Waals surface area contributed by atoms with Crippen LogP contribution < -0.4 is 10.1 Å². The highest BCUT2D eigenvalue weighted by atomic mass is 16.5. The van der Waals surface area contributed by atoms with Gasteiger partial charge in [0.25, 0.3) is 0 Å². The number of nitrogens with one attached hydrogen (secondary N) is 1. The van der Waals surface area contributed by atoms with Crippen molar-refractivity contribution in [3.63, 3.8) is 0 Å². The molecule has 2 rings (SSSR count). The number of aliphatic carboxylic acids is 1. The van der Waals surface area contributed by atoms with E-state index in [4.69, 9.17) is 9.84 Å². The summed E-state index contributed by atoms with van der Waals surface area (Å²) < 4.78 is 5.45. The van der Waals surface area contributed by atoms with E-state index in [2.05, 4.69) is 5.32 Å². The van der Waals surface area contributed by atoms with Crippen molar-refractivity contribution in [3.8, 4) is 5.75 Å². The van der Waals surface area contributed by atoms with Crippen LogP contribution in [0.2, 0.25) is 0 Å². The molecule has 0 spiro atoms. The number of carboxylic acids is 1. The number of anilines is 1. The van der Waals surface area contributed by atoms with E-state index in [-0.39, 0.29) is 5.91 Å². The molecule has 1 saturated carbocycles. The first-order valence-corrected chi connectivity index (χ1v) is 6.88. The van der Waals surface area contributed by atoms with Crippen molar-refractivity contribution in [1.29, 1.82) is 0 Å². The molecule has 2 atom stereocenters. The Morgan fingerprint density at radius 1 is 1.25 bits per heavy atom. The van der Waals surface area contributed by atoms with Crippen molar-refractivity contribution in [2.24, 2.45) is 11.8 Å². The zero-order valence-corrected chi connectivity index (χ0v) is 11.5. The topological polar surface area (TPSA) is 75.6 Å². The van der Waals surface area contributed by atoms with Crippen molar-refractivity contribution in [2.75, 3.05) is 11.9 Å². The molecule has 2 unspecified atom stereocenters. The lowest BCUT2D eigenvalue weighted by Gasteiger charge is -2.31. The van der Waals surface area contributed by atoms with Crippen LogP contribution in [0.15, 0.2) is 24.3 Å². The standard InChI is InChI=1S/C15H19NO4/c1-2-9-20-11-5-3-10(4-6-11)16-14(17)12-7-8-13(12)15(18)19/h3-6,12-13H,2,7-9H2,1H3,(H,16,17)(H,18,19). The maximum Gasteiger partial charge on any atom is 0.307 e. The van der Waals surface area contributed by atoms with Crippen LogP contribution in [0, 0.1) is 11.8 Å². The van der Waals surface area contributed by atoms with Gasteiger partial charge in [-0.05, 0) is 43.5 Å². The first-order chi connectivity index (χ1) is 9.61. The van der Waals surface area contributed by atoms with Crippen molar-refractivity contribution < 1.29 is 19.4 Å². The summed E-state index contributed by atoms with van der Waals surface area (Å²) in [7, 11) is 0. The number of carboxylic acid groups (broad SMARTS) is 1. The van der Waals surface area contributed by atoms with Gasteiger partial charge in [0, 0.05) is 5.69 Å². The Kier molecular flexibility index (Phi) is 4.61. The molecule has 1 fully saturated rings. The second-order valence-electron chi connectivity index (χ2n) is 4.99. The number of ether oxygens (including phenoxy) is 1. The third-order valence-corrected chi connectivity index (χ3v) is 3.52. The monoisotopic (exact) mass is 277 g/mol. The molecule has 0 aromatic heterocycles. The molecule has 2 N–H and O–H groups in total. The lowest BCUT2D eigenvalue weighted by Crippen LogP contribution is -2.41. The third kappa shape index (κ3) is 3.29. The molecule has 0 aliphatic heterocycles. The van der Waals surface area contributed by atoms with Crippen LogP contribution in [0.25, 0.3) is 0 Å². The molecule has 0 radical (unpaired) electrons. The second-order valence-corrected chi connectivity index (χ2v) is 4.99. The van der Waals surface area contributed by atoms with Gasteiger partial charge in [-0.3, -0.25) is 9.59 Å². The summed E-state index contributed by atoms with van der Waals surface area (Å²) in [5, 5.41) is 11.7. The normalized spacial score (nSPS) is 20.9. The maximum atomic E-state index is 12.0. The van der Waals surface area contributed by atoms with Crippen LogP contribution in [0.3, 0.4) is 0 Å². The predicted molar refractivity (Wildman–Crippen MR) is 74.7 cm³/mol. The predicted octanol–water partition coefficient (Wildman–Crippen LogP) is 2.52. The fourth-order valence-electron chi connectivity index (χ4n) is 2.20. The molecule has 1 aliphatic rings. The minimum atomic E-state index is -0.889. The number of amides is 1. The molecule has 5 nitrogen and oxygen atoms in total. The van der Waals surface area contributed by atoms with Crippen LogP contribution >= 0.6 is 0 Å². The average molecular weight is 277 g/mol. The molecule has 1 aromatic rings. The minimum absolute atomic E-state index is 0.217. The smallest absolute Gasteiger partial charge is 0.307 e. The molecule has 108 valence electrons. The molecule has 5 heteroatoms. The van der Waals surface area contributed by atoms with E-state index in [0.717, 1.165) is 12.2 Å². The van der Waals surface area contributed by atoms with Gasteiger partial charge in [-0.1, -0.05) is 6.92 Å². The number of rotatable bonds is 6. The number of hydrogen-bond acceptors (Lipinski definition) is 3. The minimum Gasteiger partial charge on any atom is -0.494 e. The Morgan fingerprint density at radius 3 is 2.40 bits per heavy atom. The Morgan fingerprint density at radius 2 is 1.90 bits per heavy atom. The molecule has 0 heterocycles. The Hall–Kier alpha value is -2.04. The summed E-state index contributed by atoms with van der Waals surface area (Å²) in [5.74, 6) is -1.30. The zero-order chi connectivity index (χ0) is 14.5. The molecule has 0 bridgehead atoms. The second kappa shape index (κ2) is 6.41. The first kappa shape index (κ1) is 14.4. The molecule has 0 saturated heterocycles. The summed E-state index contributed by atoms with van der Waals surface area (Å²) in [6.45, 7) is 2.69. The largest absolute Gasteiger partial charge is 0.494 e. The van der Waals surface area contributed by atoms with Gasteiger partial charge in [-0.2, -0.15) is 0 Å². The van der Waals surface area contributed by atoms with Crippen molar-refractivity contribution in [1.82, 2.24) is 0 Å². The summed E-state index contributed by atoms with van der Waals surface area (Å²) in [5.41, 5.74) is 0.662. The van der Waals surface area contributed by atoms with Gasteiger partial charge in [-0.15, -0.1) is 0 Å². The van der Waals surface area contributed by atoms with Crippen molar-refractivity contribution in [2.45, 2.75) is 26.2 Å². The van der Waals surface area contributed by atoms with E-state index in [9.17, 15) is 9.59 Å². The van der Waals surface area contributed by atoms with Crippen LogP contribution in [0.4, 0.5) is 5.69 Å². The van der Waals surface area contributed by atoms with Crippen molar-refractivity contribution >= 4 is 17.6 Å². The lowest BCUT2D eigenvalue weighted by molar-refractivity contribution is -0.151. The number of carbonyl (C=O) groups excluding carboxylic acids is 1. The Bertz CT molecular complexity index is 483. The summed E-state index contributed by atoms with van der Waals surface area (Å²) >= 11 is 0. The highest BCUT2D eigenvalue weighted by Crippen LogP contribution is 2.35. The molecule has 20 heavy (non-hydrogen) atoms. The van der Waals surface area contributed by atoms with Crippen LogP contribution in [-0.2, 0) is 9.59 Å². The van der Waals surface area contributed by atoms with E-state index in [1.165, 1.54) is 0 Å².